The van der Waals surface area contributed by atoms with Crippen LogP contribution in [0.2, 0.25) is 0 Å². The molecular formula is C28H25NO6. The number of ketones is 1. The average Bonchev–Trinajstić information content (AvgIpc) is 3.11. The highest BCUT2D eigenvalue weighted by atomic mass is 16.5. The van der Waals surface area contributed by atoms with E-state index < -0.39 is 23.7 Å². The van der Waals surface area contributed by atoms with Crippen molar-refractivity contribution in [2.45, 2.75) is 26.8 Å². The standard InChI is InChI=1S/C28H25NO6/c1-4-35-28(34)19-7-11-21(12-8-19)29-24(18-9-13-22(30)14-10-18)23(26(32)27(29)33)25(31)20-6-5-16(2)17(3)15-20/h5-15,24,30-31H,4H2,1-3H3/b25-23-. The van der Waals surface area contributed by atoms with E-state index in [9.17, 15) is 24.6 Å². The number of carbonyl (C=O) groups is 3. The highest BCUT2D eigenvalue weighted by molar-refractivity contribution is 6.51. The second kappa shape index (κ2) is 9.46. The first-order valence-electron chi connectivity index (χ1n) is 11.2. The van der Waals surface area contributed by atoms with Crippen molar-refractivity contribution in [3.63, 3.8) is 0 Å². The monoisotopic (exact) mass is 471 g/mol. The van der Waals surface area contributed by atoms with E-state index in [4.69, 9.17) is 4.74 Å². The first-order valence-corrected chi connectivity index (χ1v) is 11.2. The van der Waals surface area contributed by atoms with E-state index in [0.29, 0.717) is 22.4 Å². The van der Waals surface area contributed by atoms with E-state index in [1.165, 1.54) is 29.2 Å². The molecule has 1 unspecified atom stereocenters. The molecular weight excluding hydrogens is 446 g/mol. The minimum absolute atomic E-state index is 0.0265. The number of phenolic OH excluding ortho intramolecular Hbond substituents is 1. The highest BCUT2D eigenvalue weighted by Crippen LogP contribution is 2.42. The van der Waals surface area contributed by atoms with E-state index in [-0.39, 0.29) is 23.7 Å². The van der Waals surface area contributed by atoms with Crippen LogP contribution in [0.4, 0.5) is 5.69 Å². The summed E-state index contributed by atoms with van der Waals surface area (Å²) in [6, 6.07) is 16.6. The number of benzene rings is 3. The van der Waals surface area contributed by atoms with E-state index in [1.54, 1.807) is 43.3 Å². The third-order valence-electron chi connectivity index (χ3n) is 6.09. The summed E-state index contributed by atoms with van der Waals surface area (Å²) in [6.45, 7) is 5.77. The van der Waals surface area contributed by atoms with Crippen molar-refractivity contribution < 1.29 is 29.3 Å². The van der Waals surface area contributed by atoms with Gasteiger partial charge in [0.25, 0.3) is 11.7 Å². The topological polar surface area (TPSA) is 104 Å². The third kappa shape index (κ3) is 4.40. The number of hydrogen-bond donors (Lipinski definition) is 2. The van der Waals surface area contributed by atoms with Gasteiger partial charge < -0.3 is 14.9 Å². The van der Waals surface area contributed by atoms with Crippen molar-refractivity contribution in [1.29, 1.82) is 0 Å². The molecule has 0 saturated carbocycles. The number of nitrogens with zero attached hydrogens (tertiary/aromatic N) is 1. The minimum atomic E-state index is -0.939. The van der Waals surface area contributed by atoms with Crippen molar-refractivity contribution in [3.05, 3.63) is 100 Å². The fraction of sp³-hybridized carbons (Fsp3) is 0.179. The zero-order chi connectivity index (χ0) is 25.3. The highest BCUT2D eigenvalue weighted by Gasteiger charge is 2.47. The third-order valence-corrected chi connectivity index (χ3v) is 6.09. The van der Waals surface area contributed by atoms with Crippen LogP contribution >= 0.6 is 0 Å². The zero-order valence-electron chi connectivity index (χ0n) is 19.6. The summed E-state index contributed by atoms with van der Waals surface area (Å²) in [6.07, 6.45) is 0. The molecule has 0 bridgehead atoms. The Labute approximate surface area is 202 Å². The Balaban J connectivity index is 1.87. The molecule has 178 valence electrons. The molecule has 1 heterocycles. The number of phenols is 1. The normalized spacial score (nSPS) is 17.0. The van der Waals surface area contributed by atoms with Crippen LogP contribution in [0.3, 0.4) is 0 Å². The molecule has 1 saturated heterocycles. The van der Waals surface area contributed by atoms with Crippen LogP contribution in [0.25, 0.3) is 5.76 Å². The van der Waals surface area contributed by atoms with Crippen LogP contribution in [0, 0.1) is 13.8 Å². The molecule has 3 aromatic rings. The maximum absolute atomic E-state index is 13.2. The number of ether oxygens (including phenoxy) is 1. The van der Waals surface area contributed by atoms with Gasteiger partial charge in [-0.3, -0.25) is 14.5 Å². The molecule has 3 aromatic carbocycles. The Morgan fingerprint density at radius 3 is 2.14 bits per heavy atom. The molecule has 1 aliphatic heterocycles. The Kier molecular flexibility index (Phi) is 6.42. The van der Waals surface area contributed by atoms with Gasteiger partial charge in [0, 0.05) is 11.3 Å². The summed E-state index contributed by atoms with van der Waals surface area (Å²) < 4.78 is 5.01. The Morgan fingerprint density at radius 1 is 0.914 bits per heavy atom. The fourth-order valence-electron chi connectivity index (χ4n) is 4.09. The van der Waals surface area contributed by atoms with Gasteiger partial charge in [-0.05, 0) is 79.9 Å². The molecule has 35 heavy (non-hydrogen) atoms. The van der Waals surface area contributed by atoms with Crippen LogP contribution in [-0.2, 0) is 14.3 Å². The maximum atomic E-state index is 13.2. The van der Waals surface area contributed by atoms with Crippen LogP contribution in [-0.4, -0.2) is 34.5 Å². The molecule has 2 N–H and O–H groups in total. The van der Waals surface area contributed by atoms with E-state index in [2.05, 4.69) is 0 Å². The van der Waals surface area contributed by atoms with Gasteiger partial charge in [-0.2, -0.15) is 0 Å². The molecule has 7 heteroatoms. The second-order valence-corrected chi connectivity index (χ2v) is 8.33. The number of anilines is 1. The van der Waals surface area contributed by atoms with Gasteiger partial charge in [0.05, 0.1) is 23.8 Å². The average molecular weight is 472 g/mol. The van der Waals surface area contributed by atoms with Gasteiger partial charge in [0.15, 0.2) is 0 Å². The summed E-state index contributed by atoms with van der Waals surface area (Å²) in [4.78, 5) is 39.8. The van der Waals surface area contributed by atoms with Gasteiger partial charge in [-0.25, -0.2) is 4.79 Å². The summed E-state index contributed by atoms with van der Waals surface area (Å²) in [5.41, 5.74) is 3.53. The van der Waals surface area contributed by atoms with Gasteiger partial charge >= 0.3 is 5.97 Å². The molecule has 7 nitrogen and oxygen atoms in total. The summed E-state index contributed by atoms with van der Waals surface area (Å²) >= 11 is 0. The van der Waals surface area contributed by atoms with Crippen molar-refractivity contribution in [3.8, 4) is 5.75 Å². The molecule has 0 aliphatic carbocycles. The van der Waals surface area contributed by atoms with Crippen molar-refractivity contribution in [1.82, 2.24) is 0 Å². The molecule has 1 amide bonds. The van der Waals surface area contributed by atoms with Gasteiger partial charge in [0.1, 0.15) is 11.5 Å². The molecule has 4 rings (SSSR count). The zero-order valence-corrected chi connectivity index (χ0v) is 19.6. The SMILES string of the molecule is CCOC(=O)c1ccc(N2C(=O)C(=O)/C(=C(\O)c3ccc(C)c(C)c3)C2c2ccc(O)cc2)cc1. The quantitative estimate of drug-likeness (QED) is 0.239. The number of aromatic hydroxyl groups is 1. The van der Waals surface area contributed by atoms with Crippen LogP contribution in [0.1, 0.15) is 45.6 Å². The van der Waals surface area contributed by atoms with E-state index in [0.717, 1.165) is 11.1 Å². The number of esters is 1. The number of aliphatic hydroxyl groups is 1. The second-order valence-electron chi connectivity index (χ2n) is 8.33. The lowest BCUT2D eigenvalue weighted by Crippen LogP contribution is -2.29. The molecule has 0 spiro atoms. The number of aliphatic hydroxyl groups excluding tert-OH is 1. The number of amides is 1. The first kappa shape index (κ1) is 23.8. The Bertz CT molecular complexity index is 1340. The van der Waals surface area contributed by atoms with Gasteiger partial charge in [0.2, 0.25) is 0 Å². The van der Waals surface area contributed by atoms with E-state index in [1.807, 2.05) is 19.9 Å². The fourth-order valence-corrected chi connectivity index (χ4v) is 4.09. The Hall–Kier alpha value is -4.39. The van der Waals surface area contributed by atoms with Crippen molar-refractivity contribution in [2.75, 3.05) is 11.5 Å². The lowest BCUT2D eigenvalue weighted by Gasteiger charge is -2.25. The predicted octanol–water partition coefficient (Wildman–Crippen LogP) is 4.81. The number of rotatable bonds is 5. The smallest absolute Gasteiger partial charge is 0.338 e. The van der Waals surface area contributed by atoms with E-state index >= 15 is 0 Å². The Morgan fingerprint density at radius 2 is 1.54 bits per heavy atom. The van der Waals surface area contributed by atoms with Crippen LogP contribution in [0.15, 0.2) is 72.3 Å². The van der Waals surface area contributed by atoms with Gasteiger partial charge in [-0.1, -0.05) is 24.3 Å². The molecule has 0 aromatic heterocycles. The predicted molar refractivity (Wildman–Crippen MR) is 131 cm³/mol. The van der Waals surface area contributed by atoms with Crippen molar-refractivity contribution in [2.24, 2.45) is 0 Å². The van der Waals surface area contributed by atoms with Crippen molar-refractivity contribution >= 4 is 29.1 Å². The molecule has 1 atom stereocenters. The molecule has 1 fully saturated rings. The lowest BCUT2D eigenvalue weighted by atomic mass is 9.94. The first-order chi connectivity index (χ1) is 16.7. The van der Waals surface area contributed by atoms with Crippen LogP contribution in [0.5, 0.6) is 5.75 Å². The lowest BCUT2D eigenvalue weighted by molar-refractivity contribution is -0.132. The summed E-state index contributed by atoms with van der Waals surface area (Å²) in [5.74, 6) is -2.38. The molecule has 1 aliphatic rings. The number of carbonyl (C=O) groups excluding carboxylic acids is 3. The largest absolute Gasteiger partial charge is 0.508 e. The summed E-state index contributed by atoms with van der Waals surface area (Å²) in [7, 11) is 0. The van der Waals surface area contributed by atoms with Gasteiger partial charge in [-0.15, -0.1) is 0 Å². The van der Waals surface area contributed by atoms with Crippen LogP contribution < -0.4 is 4.90 Å². The number of aryl methyl sites for hydroxylation is 2. The minimum Gasteiger partial charge on any atom is -0.508 e. The number of Topliss-reactive ketones (excluding diaryl/α,β-unsaturated/α-hetero) is 1. The summed E-state index contributed by atoms with van der Waals surface area (Å²) in [5, 5.41) is 21.0. The number of hydrogen-bond acceptors (Lipinski definition) is 6. The maximum Gasteiger partial charge on any atom is 0.338 e. The molecule has 0 radical (unpaired) electrons.